The number of aromatic nitrogens is 5. The summed E-state index contributed by atoms with van der Waals surface area (Å²) in [5.74, 6) is 1.49. The first-order valence-electron chi connectivity index (χ1n) is 6.21. The summed E-state index contributed by atoms with van der Waals surface area (Å²) in [6.07, 6.45) is 6.52. The summed E-state index contributed by atoms with van der Waals surface area (Å²) in [5, 5.41) is 15.0. The molecule has 2 aromatic rings. The van der Waals surface area contributed by atoms with Crippen molar-refractivity contribution in [2.24, 2.45) is 0 Å². The van der Waals surface area contributed by atoms with Crippen molar-refractivity contribution in [1.29, 1.82) is 0 Å². The second-order valence-electron chi connectivity index (χ2n) is 4.48. The number of aromatic amines is 1. The third kappa shape index (κ3) is 1.94. The van der Waals surface area contributed by atoms with Gasteiger partial charge in [-0.25, -0.2) is 0 Å². The van der Waals surface area contributed by atoms with Gasteiger partial charge in [-0.1, -0.05) is 11.2 Å². The van der Waals surface area contributed by atoms with Gasteiger partial charge in [0.1, 0.15) is 0 Å². The third-order valence-corrected chi connectivity index (χ3v) is 3.24. The number of allylic oxidation sites excluding steroid dienone is 1. The van der Waals surface area contributed by atoms with Gasteiger partial charge in [0, 0.05) is 6.42 Å². The van der Waals surface area contributed by atoms with E-state index in [0.717, 1.165) is 49.3 Å². The molecule has 18 heavy (non-hydrogen) atoms. The van der Waals surface area contributed by atoms with Crippen LogP contribution in [-0.4, -0.2) is 25.6 Å². The average molecular weight is 245 g/mol. The maximum Gasteiger partial charge on any atom is 0.235 e. The number of nitrogens with one attached hydrogen (secondary N) is 1. The van der Waals surface area contributed by atoms with Gasteiger partial charge in [0.25, 0.3) is 0 Å². The van der Waals surface area contributed by atoms with Gasteiger partial charge < -0.3 is 4.52 Å². The zero-order valence-corrected chi connectivity index (χ0v) is 10.1. The van der Waals surface area contributed by atoms with Crippen molar-refractivity contribution >= 4 is 0 Å². The van der Waals surface area contributed by atoms with Crippen molar-refractivity contribution in [3.05, 3.63) is 35.8 Å². The lowest BCUT2D eigenvalue weighted by atomic mass is 9.90. The van der Waals surface area contributed by atoms with Gasteiger partial charge in [0.05, 0.1) is 17.3 Å². The summed E-state index contributed by atoms with van der Waals surface area (Å²) in [5.41, 5.74) is 1.98. The molecule has 1 aliphatic carbocycles. The Morgan fingerprint density at radius 1 is 1.44 bits per heavy atom. The van der Waals surface area contributed by atoms with Gasteiger partial charge in [-0.15, -0.1) is 6.58 Å². The van der Waals surface area contributed by atoms with E-state index >= 15 is 0 Å². The van der Waals surface area contributed by atoms with Crippen molar-refractivity contribution in [2.45, 2.75) is 38.0 Å². The first-order valence-corrected chi connectivity index (χ1v) is 6.21. The molecule has 1 aliphatic rings. The van der Waals surface area contributed by atoms with Gasteiger partial charge >= 0.3 is 0 Å². The molecule has 1 unspecified atom stereocenters. The quantitative estimate of drug-likeness (QED) is 0.830. The lowest BCUT2D eigenvalue weighted by Gasteiger charge is -2.15. The summed E-state index contributed by atoms with van der Waals surface area (Å²) >= 11 is 0. The fourth-order valence-electron chi connectivity index (χ4n) is 2.32. The van der Waals surface area contributed by atoms with Crippen LogP contribution in [-0.2, 0) is 12.8 Å². The van der Waals surface area contributed by atoms with Crippen molar-refractivity contribution < 1.29 is 4.52 Å². The SMILES string of the molecule is C=CCCc1noc(C2CCCc3n[nH]nc32)n1. The monoisotopic (exact) mass is 245 g/mol. The van der Waals surface area contributed by atoms with E-state index in [4.69, 9.17) is 4.52 Å². The maximum absolute atomic E-state index is 5.35. The molecule has 0 fully saturated rings. The minimum absolute atomic E-state index is 0.0949. The van der Waals surface area contributed by atoms with Gasteiger partial charge in [-0.2, -0.15) is 20.4 Å². The minimum atomic E-state index is 0.0949. The molecule has 1 N–H and O–H groups in total. The van der Waals surface area contributed by atoms with E-state index in [-0.39, 0.29) is 5.92 Å². The summed E-state index contributed by atoms with van der Waals surface area (Å²) in [7, 11) is 0. The fourth-order valence-corrected chi connectivity index (χ4v) is 2.32. The fraction of sp³-hybridized carbons (Fsp3) is 0.500. The van der Waals surface area contributed by atoms with Crippen LogP contribution in [0.2, 0.25) is 0 Å². The first-order chi connectivity index (χ1) is 8.88. The summed E-state index contributed by atoms with van der Waals surface area (Å²) < 4.78 is 5.35. The summed E-state index contributed by atoms with van der Waals surface area (Å²) in [4.78, 5) is 4.44. The molecule has 6 nitrogen and oxygen atoms in total. The second kappa shape index (κ2) is 4.72. The lowest BCUT2D eigenvalue weighted by molar-refractivity contribution is 0.348. The van der Waals surface area contributed by atoms with Gasteiger partial charge in [0.15, 0.2) is 5.82 Å². The number of H-pyrrole nitrogens is 1. The normalized spacial score (nSPS) is 18.6. The predicted octanol–water partition coefficient (Wildman–Crippen LogP) is 1.77. The lowest BCUT2D eigenvalue weighted by Crippen LogP contribution is -2.11. The van der Waals surface area contributed by atoms with E-state index in [9.17, 15) is 0 Å². The highest BCUT2D eigenvalue weighted by molar-refractivity contribution is 5.23. The molecule has 6 heteroatoms. The Morgan fingerprint density at radius 3 is 3.28 bits per heavy atom. The van der Waals surface area contributed by atoms with Crippen molar-refractivity contribution in [3.63, 3.8) is 0 Å². The van der Waals surface area contributed by atoms with Crippen LogP contribution in [0.15, 0.2) is 17.2 Å². The molecule has 94 valence electrons. The van der Waals surface area contributed by atoms with Crippen molar-refractivity contribution in [2.75, 3.05) is 0 Å². The topological polar surface area (TPSA) is 80.5 Å². The first kappa shape index (κ1) is 11.1. The number of nitrogens with zero attached hydrogens (tertiary/aromatic N) is 4. The highest BCUT2D eigenvalue weighted by atomic mass is 16.5. The molecule has 3 rings (SSSR count). The molecule has 0 radical (unpaired) electrons. The van der Waals surface area contributed by atoms with Crippen LogP contribution in [0.25, 0.3) is 0 Å². The van der Waals surface area contributed by atoms with Crippen molar-refractivity contribution in [1.82, 2.24) is 25.6 Å². The number of hydrogen-bond donors (Lipinski definition) is 1. The minimum Gasteiger partial charge on any atom is -0.339 e. The Labute approximate surface area is 104 Å². The number of fused-ring (bicyclic) bond motifs is 1. The maximum atomic E-state index is 5.35. The van der Waals surface area contributed by atoms with E-state index < -0.39 is 0 Å². The molecule has 0 bridgehead atoms. The van der Waals surface area contributed by atoms with Crippen LogP contribution < -0.4 is 0 Å². The zero-order chi connectivity index (χ0) is 12.4. The van der Waals surface area contributed by atoms with Gasteiger partial charge in [-0.3, -0.25) is 0 Å². The Bertz CT molecular complexity index is 544. The highest BCUT2D eigenvalue weighted by Gasteiger charge is 2.29. The molecule has 0 saturated carbocycles. The van der Waals surface area contributed by atoms with Crippen LogP contribution in [0, 0.1) is 0 Å². The Kier molecular flexibility index (Phi) is 2.92. The smallest absolute Gasteiger partial charge is 0.235 e. The highest BCUT2D eigenvalue weighted by Crippen LogP contribution is 2.33. The molecular weight excluding hydrogens is 230 g/mol. The van der Waals surface area contributed by atoms with Gasteiger partial charge in [0.2, 0.25) is 5.89 Å². The molecule has 0 saturated heterocycles. The molecular formula is C12H15N5O. The molecule has 1 atom stereocenters. The van der Waals surface area contributed by atoms with Crippen LogP contribution in [0.3, 0.4) is 0 Å². The molecule has 2 aromatic heterocycles. The van der Waals surface area contributed by atoms with E-state index in [2.05, 4.69) is 32.1 Å². The number of rotatable bonds is 4. The van der Waals surface area contributed by atoms with E-state index in [1.165, 1.54) is 0 Å². The number of hydrogen-bond acceptors (Lipinski definition) is 5. The summed E-state index contributed by atoms with van der Waals surface area (Å²) in [6.45, 7) is 3.69. The molecule has 2 heterocycles. The Balaban J connectivity index is 1.83. The van der Waals surface area contributed by atoms with E-state index in [1.54, 1.807) is 0 Å². The van der Waals surface area contributed by atoms with Crippen LogP contribution >= 0.6 is 0 Å². The molecule has 0 aromatic carbocycles. The summed E-state index contributed by atoms with van der Waals surface area (Å²) in [6, 6.07) is 0. The Hall–Kier alpha value is -1.98. The zero-order valence-electron chi connectivity index (χ0n) is 10.1. The molecule has 0 spiro atoms. The number of aryl methyl sites for hydroxylation is 2. The Morgan fingerprint density at radius 2 is 2.39 bits per heavy atom. The predicted molar refractivity (Wildman–Crippen MR) is 64.0 cm³/mol. The van der Waals surface area contributed by atoms with Crippen LogP contribution in [0.1, 0.15) is 48.3 Å². The van der Waals surface area contributed by atoms with Crippen LogP contribution in [0.5, 0.6) is 0 Å². The van der Waals surface area contributed by atoms with Gasteiger partial charge in [-0.05, 0) is 25.7 Å². The van der Waals surface area contributed by atoms with Crippen molar-refractivity contribution in [3.8, 4) is 0 Å². The van der Waals surface area contributed by atoms with E-state index in [1.807, 2.05) is 6.08 Å². The molecule has 0 aliphatic heterocycles. The third-order valence-electron chi connectivity index (χ3n) is 3.24. The standard InChI is InChI=1S/C12H15N5O/c1-2-3-7-10-13-12(18-16-10)8-5-4-6-9-11(8)15-17-14-9/h2,8H,1,3-7H2,(H,14,15,17). The average Bonchev–Trinajstić information content (AvgIpc) is 3.04. The molecule has 0 amide bonds. The largest absolute Gasteiger partial charge is 0.339 e. The van der Waals surface area contributed by atoms with Crippen LogP contribution in [0.4, 0.5) is 0 Å². The van der Waals surface area contributed by atoms with E-state index in [0.29, 0.717) is 5.89 Å². The second-order valence-corrected chi connectivity index (χ2v) is 4.48.